The number of ether oxygens (including phenoxy) is 19. The molecule has 47 heteroatoms. The summed E-state index contributed by atoms with van der Waals surface area (Å²) in [5.74, 6) is -4.85. The van der Waals surface area contributed by atoms with Crippen molar-refractivity contribution in [1.29, 1.82) is 0 Å². The van der Waals surface area contributed by atoms with Crippen LogP contribution in [0.15, 0.2) is 60.7 Å². The standard InChI is InChI=1S/C53H78O42S5/c1-73-30-28(23-83-97(61,62)63)87-50(42(77-5)33(30)74-2)90-37-34(75-3)43(78-6)51(92-40(37)47(54)55)88-31-27(19-20-96(58,59)60)85-53(45(82-22-26-17-13-10-14-18-26)36(31)81-21-25-15-11-9-12-16-25)91-38-35(76-4)44(79-7)52(93-41(38)48(56)57)89-32-29(24-84-98(64,65)66)86-49(80-8)46(95-100(70,71)72)39(32)94-99(67,68)69/h9-18,27-46,49-53H,19-24H2,1-8H3,(H,54,55)(H,56,57)(H,58,59,60)(H,61,62,63)(H,64,65,66)(H,67,68,69)(H,70,71,72)/t27-,28-,29-,30-,31-,32-,33+,34+,35+,36+,37+,38+,39+,40+,41-,42-,43-,44-,45-,46-,49+,50-,51-,52-,53-/m1/s1. The first kappa shape index (κ1) is 83.3. The lowest BCUT2D eigenvalue weighted by Crippen LogP contribution is -2.69. The van der Waals surface area contributed by atoms with Crippen molar-refractivity contribution < 1.29 is 191 Å². The summed E-state index contributed by atoms with van der Waals surface area (Å²) in [7, 11) is -18.4. The molecule has 5 saturated heterocycles. The predicted molar refractivity (Wildman–Crippen MR) is 320 cm³/mol. The highest BCUT2D eigenvalue weighted by Gasteiger charge is 2.62. The van der Waals surface area contributed by atoms with Crippen molar-refractivity contribution in [2.45, 2.75) is 173 Å². The average Bonchev–Trinajstić information content (AvgIpc) is 0.736. The van der Waals surface area contributed by atoms with E-state index in [9.17, 15) is 84.7 Å². The van der Waals surface area contributed by atoms with Gasteiger partial charge in [0.05, 0.1) is 38.3 Å². The van der Waals surface area contributed by atoms with Crippen LogP contribution in [0.1, 0.15) is 17.5 Å². The molecule has 100 heavy (non-hydrogen) atoms. The Kier molecular flexibility index (Phi) is 30.3. The van der Waals surface area contributed by atoms with Crippen molar-refractivity contribution in [3.8, 4) is 0 Å². The van der Waals surface area contributed by atoms with Gasteiger partial charge in [-0.15, -0.1) is 0 Å². The first-order valence-electron chi connectivity index (χ1n) is 29.4. The SMILES string of the molecule is CO[C@H]1O[C@H](COS(=O)(=O)O)[C@@H](O[C@@H]2O[C@@H](C(=O)O)[C@@H](O[C@H]3O[C@H](CCS(=O)(=O)O)[C@@H](O[C@@H]4O[C@H](C(=O)O)[C@@H](O[C@H]5O[C@H](COS(=O)(=O)O)[C@@H](OC)[C@H](OC)[C@H]5OC)[C@H](OC)[C@H]4OC)[C@H](OCc4ccccc4)[C@H]3OCc3ccccc3)[C@H](OC)[C@H]2OC)[C@H](OS(=O)(=O)O)[C@H]1OS(=O)(=O)O. The van der Waals surface area contributed by atoms with E-state index in [4.69, 9.17) is 94.2 Å². The van der Waals surface area contributed by atoms with E-state index >= 15 is 0 Å². The van der Waals surface area contributed by atoms with E-state index in [2.05, 4.69) is 12.5 Å². The molecule has 5 heterocycles. The Hall–Kier alpha value is -3.99. The summed E-state index contributed by atoms with van der Waals surface area (Å²) in [4.78, 5) is 27.3. The zero-order valence-corrected chi connectivity index (χ0v) is 58.0. The average molecular weight is 1550 g/mol. The van der Waals surface area contributed by atoms with Gasteiger partial charge < -0.3 is 100 Å². The molecular formula is C53H78O42S5. The van der Waals surface area contributed by atoms with Crippen molar-refractivity contribution in [3.63, 3.8) is 0 Å². The summed E-state index contributed by atoms with van der Waals surface area (Å²) in [6.45, 7) is -3.09. The Morgan fingerprint density at radius 1 is 0.360 bits per heavy atom. The van der Waals surface area contributed by atoms with Crippen LogP contribution in [-0.4, -0.2) is 316 Å². The predicted octanol–water partition coefficient (Wildman–Crippen LogP) is -2.46. The van der Waals surface area contributed by atoms with Crippen molar-refractivity contribution in [1.82, 2.24) is 0 Å². The van der Waals surface area contributed by atoms with E-state index < -0.39 is 249 Å². The fraction of sp³-hybridized carbons (Fsp3) is 0.736. The van der Waals surface area contributed by atoms with Gasteiger partial charge in [-0.3, -0.25) is 22.8 Å². The maximum atomic E-state index is 13.7. The molecule has 0 bridgehead atoms. The van der Waals surface area contributed by atoms with Crippen LogP contribution in [0.25, 0.3) is 0 Å². The molecule has 0 unspecified atom stereocenters. The van der Waals surface area contributed by atoms with E-state index in [-0.39, 0.29) is 6.61 Å². The molecule has 2 aromatic rings. The molecule has 7 rings (SSSR count). The summed E-state index contributed by atoms with van der Waals surface area (Å²) in [5.41, 5.74) is 0.914. The normalized spacial score (nSPS) is 35.7. The largest absolute Gasteiger partial charge is 0.479 e. The van der Waals surface area contributed by atoms with Gasteiger partial charge in [0.1, 0.15) is 97.7 Å². The van der Waals surface area contributed by atoms with E-state index in [1.165, 1.54) is 21.3 Å². The van der Waals surface area contributed by atoms with Crippen LogP contribution in [0.3, 0.4) is 0 Å². The fourth-order valence-corrected chi connectivity index (χ4v) is 13.9. The molecule has 7 N–H and O–H groups in total. The topological polar surface area (TPSA) is 559 Å². The summed E-state index contributed by atoms with van der Waals surface area (Å²) in [6, 6.07) is 16.4. The fourth-order valence-electron chi connectivity index (χ4n) is 11.8. The van der Waals surface area contributed by atoms with Crippen molar-refractivity contribution in [2.24, 2.45) is 0 Å². The van der Waals surface area contributed by atoms with E-state index in [0.717, 1.165) is 35.5 Å². The van der Waals surface area contributed by atoms with E-state index in [0.29, 0.717) is 11.1 Å². The third-order valence-electron chi connectivity index (χ3n) is 16.0. The van der Waals surface area contributed by atoms with Crippen LogP contribution in [0, 0.1) is 0 Å². The minimum absolute atomic E-state index is 0.382. The molecular weight excluding hydrogens is 1470 g/mol. The highest BCUT2D eigenvalue weighted by Crippen LogP contribution is 2.42. The lowest BCUT2D eigenvalue weighted by Gasteiger charge is -2.52. The number of carboxylic acids is 2. The van der Waals surface area contributed by atoms with Crippen LogP contribution in [-0.2, 0) is 181 Å². The molecule has 572 valence electrons. The number of benzene rings is 2. The van der Waals surface area contributed by atoms with Crippen molar-refractivity contribution in [3.05, 3.63) is 71.8 Å². The molecule has 5 aliphatic rings. The number of rotatable bonds is 37. The van der Waals surface area contributed by atoms with Crippen LogP contribution in [0.5, 0.6) is 0 Å². The van der Waals surface area contributed by atoms with Gasteiger partial charge in [-0.2, -0.15) is 42.1 Å². The lowest BCUT2D eigenvalue weighted by atomic mass is 9.93. The monoisotopic (exact) mass is 1550 g/mol. The Balaban J connectivity index is 1.32. The Morgan fingerprint density at radius 2 is 0.700 bits per heavy atom. The van der Waals surface area contributed by atoms with Crippen LogP contribution in [0.2, 0.25) is 0 Å². The molecule has 25 atom stereocenters. The maximum absolute atomic E-state index is 13.7. The Morgan fingerprint density at radius 3 is 1.08 bits per heavy atom. The maximum Gasteiger partial charge on any atom is 0.397 e. The van der Waals surface area contributed by atoms with E-state index in [1.807, 2.05) is 0 Å². The molecule has 42 nitrogen and oxygen atoms in total. The molecule has 0 saturated carbocycles. The van der Waals surface area contributed by atoms with Crippen molar-refractivity contribution >= 4 is 63.7 Å². The first-order chi connectivity index (χ1) is 47.0. The Labute approximate surface area is 573 Å². The van der Waals surface area contributed by atoms with Gasteiger partial charge in [-0.1, -0.05) is 60.7 Å². The number of methoxy groups -OCH3 is 8. The number of carbonyl (C=O) groups is 2. The second-order valence-electron chi connectivity index (χ2n) is 22.2. The summed E-state index contributed by atoms with van der Waals surface area (Å²) < 4.78 is 305. The zero-order chi connectivity index (χ0) is 73.8. The quantitative estimate of drug-likeness (QED) is 0.0345. The van der Waals surface area contributed by atoms with Gasteiger partial charge in [-0.05, 0) is 17.5 Å². The van der Waals surface area contributed by atoms with Gasteiger partial charge in [0.25, 0.3) is 10.1 Å². The lowest BCUT2D eigenvalue weighted by molar-refractivity contribution is -0.395. The van der Waals surface area contributed by atoms with Gasteiger partial charge in [0.2, 0.25) is 0 Å². The molecule has 5 aliphatic heterocycles. The smallest absolute Gasteiger partial charge is 0.397 e. The third kappa shape index (κ3) is 22.5. The first-order valence-corrected chi connectivity index (χ1v) is 36.4. The summed E-state index contributed by atoms with van der Waals surface area (Å²) in [6.07, 6.45) is -49.0. The van der Waals surface area contributed by atoms with Gasteiger partial charge in [0.15, 0.2) is 49.8 Å². The number of hydrogen-bond donors (Lipinski definition) is 7. The second-order valence-corrected chi connectivity index (χ2v) is 28.0. The second kappa shape index (κ2) is 36.3. The molecule has 0 radical (unpaired) electrons. The highest BCUT2D eigenvalue weighted by molar-refractivity contribution is 7.85. The van der Waals surface area contributed by atoms with Gasteiger partial charge >= 0.3 is 53.5 Å². The molecule has 0 aromatic heterocycles. The summed E-state index contributed by atoms with van der Waals surface area (Å²) >= 11 is 0. The third-order valence-corrected chi connectivity index (χ3v) is 18.6. The van der Waals surface area contributed by atoms with Gasteiger partial charge in [-0.25, -0.2) is 26.3 Å². The number of hydrogen-bond acceptors (Lipinski definition) is 35. The molecule has 0 aliphatic carbocycles. The van der Waals surface area contributed by atoms with Crippen LogP contribution < -0.4 is 0 Å². The number of aliphatic carboxylic acids is 2. The minimum Gasteiger partial charge on any atom is -0.479 e. The minimum atomic E-state index is -5.83. The van der Waals surface area contributed by atoms with Crippen LogP contribution in [0.4, 0.5) is 0 Å². The van der Waals surface area contributed by atoms with Crippen molar-refractivity contribution in [2.75, 3.05) is 75.8 Å². The molecule has 0 spiro atoms. The number of carboxylic acid groups (broad SMARTS) is 2. The van der Waals surface area contributed by atoms with Crippen LogP contribution >= 0.6 is 0 Å². The molecule has 0 amide bonds. The summed E-state index contributed by atoms with van der Waals surface area (Å²) in [5, 5.41) is 22.1. The highest BCUT2D eigenvalue weighted by atomic mass is 32.3. The molecule has 2 aromatic carbocycles. The zero-order valence-electron chi connectivity index (χ0n) is 53.9. The van der Waals surface area contributed by atoms with E-state index in [1.54, 1.807) is 60.7 Å². The Bertz CT molecular complexity index is 3510. The molecule has 5 fully saturated rings. The van der Waals surface area contributed by atoms with Gasteiger partial charge in [0, 0.05) is 56.9 Å².